The zero-order chi connectivity index (χ0) is 24.2. The molecule has 1 aromatic heterocycles. The van der Waals surface area contributed by atoms with Gasteiger partial charge in [-0.2, -0.15) is 0 Å². The largest absolute Gasteiger partial charge is 0.494 e. The van der Waals surface area contributed by atoms with E-state index in [1.165, 1.54) is 19.3 Å². The second-order valence-electron chi connectivity index (χ2n) is 10.4. The third-order valence-electron chi connectivity index (χ3n) is 8.03. The summed E-state index contributed by atoms with van der Waals surface area (Å²) in [5.74, 6) is 4.47. The summed E-state index contributed by atoms with van der Waals surface area (Å²) in [5.41, 5.74) is 3.27. The fourth-order valence-electron chi connectivity index (χ4n) is 5.59. The maximum Gasteiger partial charge on any atom is 0.227 e. The molecule has 1 aromatic carbocycles. The Hall–Kier alpha value is -2.67. The van der Waals surface area contributed by atoms with E-state index in [1.807, 2.05) is 23.4 Å². The van der Waals surface area contributed by atoms with Gasteiger partial charge in [-0.25, -0.2) is 9.97 Å². The number of carbonyl (C=O) groups excluding carboxylic acids is 1. The van der Waals surface area contributed by atoms with Gasteiger partial charge in [0.15, 0.2) is 0 Å². The van der Waals surface area contributed by atoms with E-state index >= 15 is 0 Å². The summed E-state index contributed by atoms with van der Waals surface area (Å²) in [7, 11) is 1.69. The number of carbonyl (C=O) groups is 1. The number of likely N-dealkylation sites (tertiary alicyclic amines) is 1. The minimum atomic E-state index is 0.242. The molecule has 1 aliphatic carbocycles. The minimum absolute atomic E-state index is 0.242. The number of anilines is 1. The summed E-state index contributed by atoms with van der Waals surface area (Å²) in [6.45, 7) is 7.32. The number of rotatable bonds is 10. The zero-order valence-corrected chi connectivity index (χ0v) is 21.1. The Kier molecular flexibility index (Phi) is 7.51. The van der Waals surface area contributed by atoms with Crippen molar-refractivity contribution in [1.82, 2.24) is 14.9 Å². The van der Waals surface area contributed by atoms with Crippen LogP contribution in [0.25, 0.3) is 0 Å². The van der Waals surface area contributed by atoms with Crippen molar-refractivity contribution < 1.29 is 14.3 Å². The summed E-state index contributed by atoms with van der Waals surface area (Å²) >= 11 is 0. The predicted molar refractivity (Wildman–Crippen MR) is 135 cm³/mol. The normalized spacial score (nSPS) is 22.1. The molecular formula is C28H38N4O3. The number of amides is 1. The van der Waals surface area contributed by atoms with Crippen LogP contribution < -0.4 is 9.64 Å². The first kappa shape index (κ1) is 24.0. The van der Waals surface area contributed by atoms with E-state index in [0.717, 1.165) is 91.8 Å². The number of methoxy groups -OCH3 is 1. The van der Waals surface area contributed by atoms with E-state index in [4.69, 9.17) is 9.47 Å². The van der Waals surface area contributed by atoms with E-state index in [-0.39, 0.29) is 5.91 Å². The van der Waals surface area contributed by atoms with Gasteiger partial charge in [0, 0.05) is 51.2 Å². The molecule has 0 bridgehead atoms. The molecule has 0 N–H and O–H groups in total. The SMILES string of the molecule is COCc1cnc(N2CCC([C@@H]3C[C@@H]3CCOc3ccc(CC(=O)N4CCC4)c(C)c3)CC2)nc1. The highest BCUT2D eigenvalue weighted by Crippen LogP contribution is 2.49. The first-order valence-electron chi connectivity index (χ1n) is 13.2. The number of nitrogens with zero attached hydrogens (tertiary/aromatic N) is 4. The average Bonchev–Trinajstić information content (AvgIpc) is 3.60. The molecule has 3 aliphatic rings. The van der Waals surface area contributed by atoms with Crippen molar-refractivity contribution in [1.29, 1.82) is 0 Å². The van der Waals surface area contributed by atoms with Crippen molar-refractivity contribution >= 4 is 11.9 Å². The lowest BCUT2D eigenvalue weighted by molar-refractivity contribution is -0.133. The number of aromatic nitrogens is 2. The standard InChI is InChI=1S/C28H38N4O3/c1-20-14-25(5-4-23(20)16-27(33)31-9-3-10-31)35-13-8-24-15-26(24)22-6-11-32(12-7-22)28-29-17-21(18-30-28)19-34-2/h4-5,14,17-18,22,24,26H,3,6-13,15-16,19H2,1-2H3/t24-,26-/m0/s1. The average molecular weight is 479 g/mol. The first-order chi connectivity index (χ1) is 17.1. The lowest BCUT2D eigenvalue weighted by Crippen LogP contribution is -2.42. The monoisotopic (exact) mass is 478 g/mol. The summed E-state index contributed by atoms with van der Waals surface area (Å²) < 4.78 is 11.2. The van der Waals surface area contributed by atoms with Crippen molar-refractivity contribution in [3.05, 3.63) is 47.3 Å². The number of hydrogen-bond donors (Lipinski definition) is 0. The molecule has 5 rings (SSSR count). The van der Waals surface area contributed by atoms with Crippen LogP contribution in [-0.4, -0.2) is 60.7 Å². The molecule has 1 amide bonds. The van der Waals surface area contributed by atoms with Crippen molar-refractivity contribution in [2.45, 2.75) is 52.1 Å². The van der Waals surface area contributed by atoms with Gasteiger partial charge < -0.3 is 19.3 Å². The number of ether oxygens (including phenoxy) is 2. The van der Waals surface area contributed by atoms with Crippen LogP contribution in [0.3, 0.4) is 0 Å². The van der Waals surface area contributed by atoms with Crippen molar-refractivity contribution in [2.75, 3.05) is 44.8 Å². The van der Waals surface area contributed by atoms with E-state index in [9.17, 15) is 4.79 Å². The third-order valence-corrected chi connectivity index (χ3v) is 8.03. The lowest BCUT2D eigenvalue weighted by Gasteiger charge is -2.32. The highest BCUT2D eigenvalue weighted by molar-refractivity contribution is 5.79. The topological polar surface area (TPSA) is 67.8 Å². The molecule has 2 atom stereocenters. The molecule has 7 nitrogen and oxygen atoms in total. The van der Waals surface area contributed by atoms with Crippen molar-refractivity contribution in [3.8, 4) is 5.75 Å². The quantitative estimate of drug-likeness (QED) is 0.514. The van der Waals surface area contributed by atoms with Gasteiger partial charge in [0.2, 0.25) is 11.9 Å². The molecule has 188 valence electrons. The highest BCUT2D eigenvalue weighted by Gasteiger charge is 2.43. The van der Waals surface area contributed by atoms with Gasteiger partial charge in [0.25, 0.3) is 0 Å². The van der Waals surface area contributed by atoms with Crippen LogP contribution in [0, 0.1) is 24.7 Å². The number of aryl methyl sites for hydroxylation is 1. The Bertz CT molecular complexity index is 1000. The van der Waals surface area contributed by atoms with Crippen LogP contribution in [0.1, 0.15) is 48.8 Å². The lowest BCUT2D eigenvalue weighted by atomic mass is 9.90. The van der Waals surface area contributed by atoms with Crippen LogP contribution in [0.2, 0.25) is 0 Å². The number of hydrogen-bond acceptors (Lipinski definition) is 6. The van der Waals surface area contributed by atoms with Crippen molar-refractivity contribution in [3.63, 3.8) is 0 Å². The fraction of sp³-hybridized carbons (Fsp3) is 0.607. The highest BCUT2D eigenvalue weighted by atomic mass is 16.5. The predicted octanol–water partition coefficient (Wildman–Crippen LogP) is 4.03. The zero-order valence-electron chi connectivity index (χ0n) is 21.1. The molecule has 3 fully saturated rings. The maximum absolute atomic E-state index is 12.3. The van der Waals surface area contributed by atoms with Crippen LogP contribution in [0.5, 0.6) is 5.75 Å². The Morgan fingerprint density at radius 3 is 2.54 bits per heavy atom. The summed E-state index contributed by atoms with van der Waals surface area (Å²) in [4.78, 5) is 25.6. The molecule has 7 heteroatoms. The molecule has 3 heterocycles. The summed E-state index contributed by atoms with van der Waals surface area (Å²) in [6.07, 6.45) is 10.3. The number of piperidine rings is 1. The second kappa shape index (κ2) is 10.9. The molecule has 0 radical (unpaired) electrons. The molecular weight excluding hydrogens is 440 g/mol. The van der Waals surface area contributed by atoms with Crippen LogP contribution in [-0.2, 0) is 22.6 Å². The second-order valence-corrected chi connectivity index (χ2v) is 10.4. The Balaban J connectivity index is 1.01. The van der Waals surface area contributed by atoms with Crippen LogP contribution >= 0.6 is 0 Å². The van der Waals surface area contributed by atoms with E-state index in [1.54, 1.807) is 7.11 Å². The van der Waals surface area contributed by atoms with Gasteiger partial charge in [-0.05, 0) is 80.0 Å². The van der Waals surface area contributed by atoms with Crippen molar-refractivity contribution in [2.24, 2.45) is 17.8 Å². The van der Waals surface area contributed by atoms with Gasteiger partial charge in [0.1, 0.15) is 5.75 Å². The molecule has 35 heavy (non-hydrogen) atoms. The molecule has 2 aromatic rings. The summed E-state index contributed by atoms with van der Waals surface area (Å²) in [6, 6.07) is 6.17. The molecule has 0 spiro atoms. The first-order valence-corrected chi connectivity index (χ1v) is 13.2. The Morgan fingerprint density at radius 1 is 1.11 bits per heavy atom. The van der Waals surface area contributed by atoms with Gasteiger partial charge >= 0.3 is 0 Å². The van der Waals surface area contributed by atoms with Gasteiger partial charge in [0.05, 0.1) is 19.6 Å². The van der Waals surface area contributed by atoms with Crippen LogP contribution in [0.4, 0.5) is 5.95 Å². The van der Waals surface area contributed by atoms with Gasteiger partial charge in [-0.15, -0.1) is 0 Å². The third kappa shape index (κ3) is 5.95. The van der Waals surface area contributed by atoms with E-state index < -0.39 is 0 Å². The smallest absolute Gasteiger partial charge is 0.227 e. The Labute approximate surface area is 208 Å². The van der Waals surface area contributed by atoms with E-state index in [2.05, 4.69) is 33.9 Å². The molecule has 1 saturated carbocycles. The van der Waals surface area contributed by atoms with Gasteiger partial charge in [-0.3, -0.25) is 4.79 Å². The number of benzene rings is 1. The van der Waals surface area contributed by atoms with E-state index in [0.29, 0.717) is 13.0 Å². The fourth-order valence-corrected chi connectivity index (χ4v) is 5.59. The van der Waals surface area contributed by atoms with Gasteiger partial charge in [-0.1, -0.05) is 6.07 Å². The maximum atomic E-state index is 12.3. The summed E-state index contributed by atoms with van der Waals surface area (Å²) in [5, 5.41) is 0. The molecule has 2 aliphatic heterocycles. The van der Waals surface area contributed by atoms with Crippen LogP contribution in [0.15, 0.2) is 30.6 Å². The Morgan fingerprint density at radius 2 is 1.89 bits per heavy atom. The molecule has 0 unspecified atom stereocenters. The minimum Gasteiger partial charge on any atom is -0.494 e. The molecule has 2 saturated heterocycles.